The average molecular weight is 427 g/mol. The van der Waals surface area contributed by atoms with E-state index in [4.69, 9.17) is 16.3 Å². The molecule has 3 atom stereocenters. The van der Waals surface area contributed by atoms with Gasteiger partial charge in [-0.3, -0.25) is 4.90 Å². The van der Waals surface area contributed by atoms with Crippen LogP contribution in [0.5, 0.6) is 5.75 Å². The number of hydrogen-bond acceptors (Lipinski definition) is 4. The van der Waals surface area contributed by atoms with Gasteiger partial charge in [0.05, 0.1) is 12.4 Å². The fourth-order valence-corrected chi connectivity index (χ4v) is 7.46. The highest BCUT2D eigenvalue weighted by Gasteiger charge is 2.45. The van der Waals surface area contributed by atoms with Gasteiger partial charge in [-0.1, -0.05) is 6.07 Å². The molecule has 3 aliphatic rings. The highest BCUT2D eigenvalue weighted by Crippen LogP contribution is 2.44. The zero-order valence-electron chi connectivity index (χ0n) is 16.6. The summed E-state index contributed by atoms with van der Waals surface area (Å²) in [6.07, 6.45) is 4.56. The molecule has 0 saturated carbocycles. The predicted octanol–water partition coefficient (Wildman–Crippen LogP) is 3.43. The summed E-state index contributed by atoms with van der Waals surface area (Å²) in [6.45, 7) is 5.39. The highest BCUT2D eigenvalue weighted by atomic mass is 35.5. The van der Waals surface area contributed by atoms with Gasteiger partial charge in [0.15, 0.2) is 0 Å². The predicted molar refractivity (Wildman–Crippen MR) is 113 cm³/mol. The van der Waals surface area contributed by atoms with Crippen LogP contribution in [-0.2, 0) is 16.4 Å². The van der Waals surface area contributed by atoms with Gasteiger partial charge >= 0.3 is 0 Å². The third kappa shape index (κ3) is 3.93. The Morgan fingerprint density at radius 3 is 2.93 bits per heavy atom. The van der Waals surface area contributed by atoms with Crippen molar-refractivity contribution in [2.75, 3.05) is 37.9 Å². The summed E-state index contributed by atoms with van der Waals surface area (Å²) in [5, 5.41) is 0. The zero-order chi connectivity index (χ0) is 19.7. The van der Waals surface area contributed by atoms with Crippen LogP contribution in [0, 0.1) is 5.92 Å². The zero-order valence-corrected chi connectivity index (χ0v) is 18.2. The minimum atomic E-state index is -3.23. The molecule has 0 bridgehead atoms. The van der Waals surface area contributed by atoms with Crippen molar-refractivity contribution in [1.29, 1.82) is 0 Å². The maximum atomic E-state index is 13.0. The molecule has 7 heteroatoms. The number of halogens is 1. The minimum absolute atomic E-state index is 0.118. The second-order valence-corrected chi connectivity index (χ2v) is 10.6. The van der Waals surface area contributed by atoms with Crippen molar-refractivity contribution in [2.45, 2.75) is 51.1 Å². The van der Waals surface area contributed by atoms with Gasteiger partial charge in [-0.25, -0.2) is 8.42 Å². The summed E-state index contributed by atoms with van der Waals surface area (Å²) in [5.41, 5.74) is 2.72. The van der Waals surface area contributed by atoms with E-state index < -0.39 is 10.0 Å². The molecule has 4 rings (SSSR count). The van der Waals surface area contributed by atoms with E-state index in [0.717, 1.165) is 44.5 Å². The lowest BCUT2D eigenvalue weighted by Crippen LogP contribution is -2.57. The van der Waals surface area contributed by atoms with Gasteiger partial charge in [0.2, 0.25) is 10.0 Å². The van der Waals surface area contributed by atoms with E-state index in [1.165, 1.54) is 11.1 Å². The van der Waals surface area contributed by atoms with E-state index in [1.807, 2.05) is 11.2 Å². The fraction of sp³-hybridized carbons (Fsp3) is 0.714. The highest BCUT2D eigenvalue weighted by molar-refractivity contribution is 7.89. The van der Waals surface area contributed by atoms with Gasteiger partial charge in [-0.15, -0.1) is 11.6 Å². The molecule has 0 N–H and O–H groups in total. The van der Waals surface area contributed by atoms with E-state index in [0.29, 0.717) is 37.4 Å². The number of nitrogens with zero attached hydrogens (tertiary/aromatic N) is 2. The largest absolute Gasteiger partial charge is 0.494 e. The summed E-state index contributed by atoms with van der Waals surface area (Å²) < 4.78 is 33.4. The maximum absolute atomic E-state index is 13.0. The molecule has 2 saturated heterocycles. The Morgan fingerprint density at radius 2 is 2.14 bits per heavy atom. The Labute approximate surface area is 174 Å². The van der Waals surface area contributed by atoms with Crippen molar-refractivity contribution >= 4 is 21.6 Å². The number of piperidine rings is 2. The number of hydrogen-bond donors (Lipinski definition) is 0. The molecule has 3 heterocycles. The van der Waals surface area contributed by atoms with E-state index >= 15 is 0 Å². The van der Waals surface area contributed by atoms with Crippen LogP contribution in [0.4, 0.5) is 0 Å². The molecule has 1 aromatic rings. The molecule has 1 aromatic carbocycles. The van der Waals surface area contributed by atoms with Gasteiger partial charge in [0.25, 0.3) is 0 Å². The van der Waals surface area contributed by atoms with E-state index in [-0.39, 0.29) is 11.8 Å². The fourth-order valence-electron chi connectivity index (χ4n) is 5.35. The lowest BCUT2D eigenvalue weighted by Gasteiger charge is -2.51. The first-order chi connectivity index (χ1) is 13.5. The lowest BCUT2D eigenvalue weighted by molar-refractivity contribution is 0.0219. The summed E-state index contributed by atoms with van der Waals surface area (Å²) in [6, 6.07) is 6.87. The van der Waals surface area contributed by atoms with Crippen molar-refractivity contribution in [3.63, 3.8) is 0 Å². The van der Waals surface area contributed by atoms with E-state index in [1.54, 1.807) is 0 Å². The molecule has 156 valence electrons. The molecular formula is C21H31ClN2O3S. The van der Waals surface area contributed by atoms with Crippen LogP contribution < -0.4 is 4.74 Å². The smallest absolute Gasteiger partial charge is 0.214 e. The molecule has 5 nitrogen and oxygen atoms in total. The summed E-state index contributed by atoms with van der Waals surface area (Å²) >= 11 is 5.77. The third-order valence-electron chi connectivity index (χ3n) is 6.59. The quantitative estimate of drug-likeness (QED) is 0.654. The van der Waals surface area contributed by atoms with E-state index in [9.17, 15) is 8.42 Å². The van der Waals surface area contributed by atoms with E-state index in [2.05, 4.69) is 23.1 Å². The Hall–Kier alpha value is -0.820. The first-order valence-corrected chi connectivity index (χ1v) is 12.7. The first kappa shape index (κ1) is 20.5. The topological polar surface area (TPSA) is 49.9 Å². The van der Waals surface area contributed by atoms with Gasteiger partial charge < -0.3 is 4.74 Å². The molecule has 0 amide bonds. The van der Waals surface area contributed by atoms with Crippen LogP contribution >= 0.6 is 11.6 Å². The molecule has 0 aromatic heterocycles. The Morgan fingerprint density at radius 1 is 1.29 bits per heavy atom. The molecule has 28 heavy (non-hydrogen) atoms. The molecule has 0 unspecified atom stereocenters. The summed E-state index contributed by atoms with van der Waals surface area (Å²) in [5.74, 6) is 1.95. The molecular weight excluding hydrogens is 396 g/mol. The summed E-state index contributed by atoms with van der Waals surface area (Å²) in [4.78, 5) is 2.58. The standard InChI is InChI=1S/C21H31ClN2O3S/c1-2-27-18-6-7-19-16(13-18)8-11-23-15-17-5-3-10-24(20(17)14-21(19)23)28(25,26)12-4-9-22/h6-7,13,17,20-21H,2-5,8-12,14-15H2,1H3/t17-,20+,21-/m0/s1. The van der Waals surface area contributed by atoms with Crippen LogP contribution in [0.1, 0.15) is 49.8 Å². The van der Waals surface area contributed by atoms with Crippen molar-refractivity contribution in [3.8, 4) is 5.75 Å². The average Bonchev–Trinajstić information content (AvgIpc) is 2.70. The van der Waals surface area contributed by atoms with Crippen LogP contribution in [-0.4, -0.2) is 61.5 Å². The second kappa shape index (κ2) is 8.50. The molecule has 0 spiro atoms. The number of ether oxygens (including phenoxy) is 1. The number of alkyl halides is 1. The molecule has 3 aliphatic heterocycles. The normalized spacial score (nSPS) is 28.3. The van der Waals surface area contributed by atoms with Crippen LogP contribution in [0.25, 0.3) is 0 Å². The molecule has 2 fully saturated rings. The molecule has 0 aliphatic carbocycles. The van der Waals surface area contributed by atoms with Crippen LogP contribution in [0.15, 0.2) is 18.2 Å². The number of fused-ring (bicyclic) bond motifs is 4. The van der Waals surface area contributed by atoms with Crippen molar-refractivity contribution in [2.24, 2.45) is 5.92 Å². The second-order valence-electron chi connectivity index (χ2n) is 8.23. The third-order valence-corrected chi connectivity index (χ3v) is 8.83. The van der Waals surface area contributed by atoms with Gasteiger partial charge in [-0.05, 0) is 68.2 Å². The number of sulfonamides is 1. The Bertz CT molecular complexity index is 801. The molecule has 0 radical (unpaired) electrons. The Kier molecular flexibility index (Phi) is 6.21. The lowest BCUT2D eigenvalue weighted by atomic mass is 9.77. The summed E-state index contributed by atoms with van der Waals surface area (Å²) in [7, 11) is -3.23. The first-order valence-electron chi connectivity index (χ1n) is 10.6. The van der Waals surface area contributed by atoms with Crippen molar-refractivity contribution in [1.82, 2.24) is 9.21 Å². The van der Waals surface area contributed by atoms with Gasteiger partial charge in [-0.2, -0.15) is 4.31 Å². The van der Waals surface area contributed by atoms with Crippen LogP contribution in [0.3, 0.4) is 0 Å². The number of benzene rings is 1. The monoisotopic (exact) mass is 426 g/mol. The number of rotatable bonds is 6. The van der Waals surface area contributed by atoms with Crippen molar-refractivity contribution in [3.05, 3.63) is 29.3 Å². The van der Waals surface area contributed by atoms with Crippen molar-refractivity contribution < 1.29 is 13.2 Å². The minimum Gasteiger partial charge on any atom is -0.494 e. The Balaban J connectivity index is 1.59. The SMILES string of the molecule is CCOc1ccc2c(c1)CCN1C[C@@H]3CCCN(S(=O)(=O)CCCCl)[C@@H]3C[C@@H]21. The maximum Gasteiger partial charge on any atom is 0.214 e. The van der Waals surface area contributed by atoms with Crippen LogP contribution in [0.2, 0.25) is 0 Å². The van der Waals surface area contributed by atoms with Gasteiger partial charge in [0.1, 0.15) is 5.75 Å². The van der Waals surface area contributed by atoms with Gasteiger partial charge in [0, 0.05) is 37.6 Å².